The van der Waals surface area contributed by atoms with Crippen LogP contribution < -0.4 is 0 Å². The Morgan fingerprint density at radius 3 is 2.80 bits per heavy atom. The Morgan fingerprint density at radius 1 is 1.45 bits per heavy atom. The average Bonchev–Trinajstić information content (AvgIpc) is 2.75. The first-order valence-electron chi connectivity index (χ1n) is 6.92. The first kappa shape index (κ1) is 15.0. The fourth-order valence-electron chi connectivity index (χ4n) is 2.69. The van der Waals surface area contributed by atoms with Crippen LogP contribution in [-0.2, 0) is 4.79 Å². The molecule has 2 heterocycles. The van der Waals surface area contributed by atoms with Gasteiger partial charge in [-0.15, -0.1) is 11.3 Å². The maximum Gasteiger partial charge on any atom is 0.303 e. The summed E-state index contributed by atoms with van der Waals surface area (Å²) >= 11 is 1.44. The van der Waals surface area contributed by atoms with Crippen LogP contribution in [0.25, 0.3) is 0 Å². The Kier molecular flexibility index (Phi) is 4.75. The SMILES string of the molecule is Cc1nc(C)c(C(=O)N2CCC[C@H](CCC(=O)O)C2)s1. The van der Waals surface area contributed by atoms with Crippen LogP contribution in [0.15, 0.2) is 0 Å². The fourth-order valence-corrected chi connectivity index (χ4v) is 3.57. The summed E-state index contributed by atoms with van der Waals surface area (Å²) < 4.78 is 0. The highest BCUT2D eigenvalue weighted by atomic mass is 32.1. The molecule has 0 saturated carbocycles. The number of nitrogens with zero attached hydrogens (tertiary/aromatic N) is 2. The summed E-state index contributed by atoms with van der Waals surface area (Å²) in [6.45, 7) is 5.20. The van der Waals surface area contributed by atoms with Crippen molar-refractivity contribution in [2.45, 2.75) is 39.5 Å². The lowest BCUT2D eigenvalue weighted by Crippen LogP contribution is -2.40. The summed E-state index contributed by atoms with van der Waals surface area (Å²) in [5, 5.41) is 9.66. The van der Waals surface area contributed by atoms with Crippen molar-refractivity contribution in [2.75, 3.05) is 13.1 Å². The van der Waals surface area contributed by atoms with Gasteiger partial charge in [0.05, 0.1) is 10.7 Å². The van der Waals surface area contributed by atoms with Gasteiger partial charge in [0.1, 0.15) is 4.88 Å². The molecule has 1 fully saturated rings. The molecule has 0 radical (unpaired) electrons. The molecule has 0 aliphatic carbocycles. The number of carboxylic acid groups (broad SMARTS) is 1. The predicted octanol–water partition coefficient (Wildman–Crippen LogP) is 2.48. The monoisotopic (exact) mass is 296 g/mol. The summed E-state index contributed by atoms with van der Waals surface area (Å²) in [6, 6.07) is 0. The summed E-state index contributed by atoms with van der Waals surface area (Å²) in [5.74, 6) is -0.409. The number of hydrogen-bond acceptors (Lipinski definition) is 4. The third kappa shape index (κ3) is 3.56. The molecule has 1 aromatic rings. The summed E-state index contributed by atoms with van der Waals surface area (Å²) in [5.41, 5.74) is 0.796. The molecule has 1 aromatic heterocycles. The topological polar surface area (TPSA) is 70.5 Å². The number of carbonyl (C=O) groups excluding carboxylic acids is 1. The molecule has 110 valence electrons. The number of piperidine rings is 1. The highest BCUT2D eigenvalue weighted by Crippen LogP contribution is 2.25. The van der Waals surface area contributed by atoms with Gasteiger partial charge in [-0.05, 0) is 39.0 Å². The van der Waals surface area contributed by atoms with Gasteiger partial charge in [0.15, 0.2) is 0 Å². The van der Waals surface area contributed by atoms with Crippen molar-refractivity contribution in [1.82, 2.24) is 9.88 Å². The molecule has 20 heavy (non-hydrogen) atoms. The number of rotatable bonds is 4. The first-order chi connectivity index (χ1) is 9.47. The minimum absolute atomic E-state index is 0.0492. The van der Waals surface area contributed by atoms with Gasteiger partial charge >= 0.3 is 5.97 Å². The van der Waals surface area contributed by atoms with E-state index in [1.807, 2.05) is 18.7 Å². The molecule has 0 bridgehead atoms. The van der Waals surface area contributed by atoms with Gasteiger partial charge in [-0.2, -0.15) is 0 Å². The number of likely N-dealkylation sites (tertiary alicyclic amines) is 1. The third-order valence-electron chi connectivity index (χ3n) is 3.67. The highest BCUT2D eigenvalue weighted by molar-refractivity contribution is 7.13. The second-order valence-electron chi connectivity index (χ2n) is 5.34. The van der Waals surface area contributed by atoms with Crippen molar-refractivity contribution >= 4 is 23.2 Å². The van der Waals surface area contributed by atoms with Gasteiger partial charge < -0.3 is 10.0 Å². The van der Waals surface area contributed by atoms with Crippen LogP contribution in [0.3, 0.4) is 0 Å². The molecule has 6 heteroatoms. The molecule has 1 aliphatic heterocycles. The number of aryl methyl sites for hydroxylation is 2. The molecule has 2 rings (SSSR count). The van der Waals surface area contributed by atoms with E-state index >= 15 is 0 Å². The molecule has 0 spiro atoms. The Hall–Kier alpha value is -1.43. The summed E-state index contributed by atoms with van der Waals surface area (Å²) in [6.07, 6.45) is 2.80. The molecular formula is C14H20N2O3S. The van der Waals surface area contributed by atoms with E-state index in [9.17, 15) is 9.59 Å². The van der Waals surface area contributed by atoms with Gasteiger partial charge in [0.2, 0.25) is 0 Å². The first-order valence-corrected chi connectivity index (χ1v) is 7.74. The number of carbonyl (C=O) groups is 2. The van der Waals surface area contributed by atoms with Gasteiger partial charge in [0, 0.05) is 19.5 Å². The van der Waals surface area contributed by atoms with Crippen molar-refractivity contribution in [3.05, 3.63) is 15.6 Å². The van der Waals surface area contributed by atoms with Crippen LogP contribution >= 0.6 is 11.3 Å². The molecular weight excluding hydrogens is 276 g/mol. The predicted molar refractivity (Wildman–Crippen MR) is 77.1 cm³/mol. The number of aliphatic carboxylic acids is 1. The van der Waals surface area contributed by atoms with E-state index in [1.165, 1.54) is 11.3 Å². The van der Waals surface area contributed by atoms with Gasteiger partial charge in [-0.1, -0.05) is 0 Å². The second-order valence-corrected chi connectivity index (χ2v) is 6.54. The zero-order valence-corrected chi connectivity index (χ0v) is 12.7. The maximum atomic E-state index is 12.5. The number of thiazole rings is 1. The molecule has 1 atom stereocenters. The van der Waals surface area contributed by atoms with E-state index in [2.05, 4.69) is 4.98 Å². The Labute approximate surface area is 122 Å². The summed E-state index contributed by atoms with van der Waals surface area (Å²) in [4.78, 5) is 30.0. The molecule has 0 unspecified atom stereocenters. The normalized spacial score (nSPS) is 19.1. The molecule has 1 saturated heterocycles. The molecule has 5 nitrogen and oxygen atoms in total. The van der Waals surface area contributed by atoms with Crippen LogP contribution in [0.2, 0.25) is 0 Å². The van der Waals surface area contributed by atoms with Crippen molar-refractivity contribution in [1.29, 1.82) is 0 Å². The number of carboxylic acids is 1. The number of hydrogen-bond donors (Lipinski definition) is 1. The van der Waals surface area contributed by atoms with E-state index in [1.54, 1.807) is 0 Å². The Bertz CT molecular complexity index is 513. The van der Waals surface area contributed by atoms with Crippen LogP contribution in [0.4, 0.5) is 0 Å². The zero-order chi connectivity index (χ0) is 14.7. The van der Waals surface area contributed by atoms with Crippen LogP contribution in [-0.4, -0.2) is 40.0 Å². The van der Waals surface area contributed by atoms with Crippen molar-refractivity contribution in [3.8, 4) is 0 Å². The van der Waals surface area contributed by atoms with E-state index in [-0.39, 0.29) is 12.3 Å². The molecule has 1 N–H and O–H groups in total. The highest BCUT2D eigenvalue weighted by Gasteiger charge is 2.26. The second kappa shape index (κ2) is 6.35. The molecule has 0 aromatic carbocycles. The van der Waals surface area contributed by atoms with Crippen molar-refractivity contribution in [3.63, 3.8) is 0 Å². The molecule has 1 aliphatic rings. The Morgan fingerprint density at radius 2 is 2.20 bits per heavy atom. The lowest BCUT2D eigenvalue weighted by molar-refractivity contribution is -0.137. The number of amides is 1. The molecule has 1 amide bonds. The van der Waals surface area contributed by atoms with Gasteiger partial charge in [0.25, 0.3) is 5.91 Å². The largest absolute Gasteiger partial charge is 0.481 e. The average molecular weight is 296 g/mol. The standard InChI is InChI=1S/C14H20N2O3S/c1-9-13(20-10(2)15-9)14(19)16-7-3-4-11(8-16)5-6-12(17)18/h11H,3-8H2,1-2H3,(H,17,18)/t11-/m1/s1. The van der Waals surface area contributed by atoms with E-state index < -0.39 is 5.97 Å². The zero-order valence-electron chi connectivity index (χ0n) is 11.9. The quantitative estimate of drug-likeness (QED) is 0.926. The summed E-state index contributed by atoms with van der Waals surface area (Å²) in [7, 11) is 0. The van der Waals surface area contributed by atoms with E-state index in [0.717, 1.165) is 35.0 Å². The van der Waals surface area contributed by atoms with Crippen LogP contribution in [0.1, 0.15) is 46.1 Å². The number of aromatic nitrogens is 1. The van der Waals surface area contributed by atoms with Crippen molar-refractivity contribution < 1.29 is 14.7 Å². The van der Waals surface area contributed by atoms with E-state index in [0.29, 0.717) is 18.9 Å². The lowest BCUT2D eigenvalue weighted by atomic mass is 9.93. The van der Waals surface area contributed by atoms with Crippen LogP contribution in [0.5, 0.6) is 0 Å². The fraction of sp³-hybridized carbons (Fsp3) is 0.643. The Balaban J connectivity index is 1.99. The van der Waals surface area contributed by atoms with Gasteiger partial charge in [-0.3, -0.25) is 9.59 Å². The maximum absolute atomic E-state index is 12.5. The lowest BCUT2D eigenvalue weighted by Gasteiger charge is -2.32. The van der Waals surface area contributed by atoms with Crippen LogP contribution in [0, 0.1) is 19.8 Å². The van der Waals surface area contributed by atoms with Gasteiger partial charge in [-0.25, -0.2) is 4.98 Å². The minimum atomic E-state index is -0.762. The minimum Gasteiger partial charge on any atom is -0.481 e. The van der Waals surface area contributed by atoms with Crippen molar-refractivity contribution in [2.24, 2.45) is 5.92 Å². The van der Waals surface area contributed by atoms with E-state index in [4.69, 9.17) is 5.11 Å². The third-order valence-corrected chi connectivity index (χ3v) is 4.73. The smallest absolute Gasteiger partial charge is 0.303 e.